The summed E-state index contributed by atoms with van der Waals surface area (Å²) in [7, 11) is 1.73. The van der Waals surface area contributed by atoms with Gasteiger partial charge in [-0.1, -0.05) is 0 Å². The summed E-state index contributed by atoms with van der Waals surface area (Å²) < 4.78 is 1.61. The molecule has 62 valence electrons. The average Bonchev–Trinajstić information content (AvgIpc) is 2.48. The molecule has 0 aliphatic carbocycles. The molecule has 1 atom stereocenters. The third kappa shape index (κ3) is 1.35. The molecule has 0 bridgehead atoms. The Morgan fingerprint density at radius 3 is 2.92 bits per heavy atom. The summed E-state index contributed by atoms with van der Waals surface area (Å²) in [6.45, 7) is 1.57. The molecule has 0 aliphatic heterocycles. The van der Waals surface area contributed by atoms with Gasteiger partial charge in [-0.2, -0.15) is 5.26 Å². The molecule has 0 saturated carbocycles. The molecule has 1 aromatic rings. The van der Waals surface area contributed by atoms with Gasteiger partial charge in [0.1, 0.15) is 5.92 Å². The van der Waals surface area contributed by atoms with E-state index in [9.17, 15) is 4.79 Å². The maximum atomic E-state index is 11.4. The van der Waals surface area contributed by atoms with Crippen LogP contribution in [-0.2, 0) is 7.05 Å². The molecule has 12 heavy (non-hydrogen) atoms. The van der Waals surface area contributed by atoms with Gasteiger partial charge in [-0.25, -0.2) is 4.98 Å². The monoisotopic (exact) mass is 163 g/mol. The molecule has 0 spiro atoms. The zero-order valence-corrected chi connectivity index (χ0v) is 6.98. The third-order valence-electron chi connectivity index (χ3n) is 1.63. The number of hydrogen-bond donors (Lipinski definition) is 0. The Morgan fingerprint density at radius 2 is 2.50 bits per heavy atom. The first-order chi connectivity index (χ1) is 5.66. The number of rotatable bonds is 2. The Bertz CT molecular complexity index is 334. The summed E-state index contributed by atoms with van der Waals surface area (Å²) in [6.07, 6.45) is 3.22. The van der Waals surface area contributed by atoms with Crippen molar-refractivity contribution < 1.29 is 4.79 Å². The molecule has 0 aliphatic rings. The minimum Gasteiger partial charge on any atom is -0.332 e. The van der Waals surface area contributed by atoms with E-state index in [0.29, 0.717) is 5.82 Å². The van der Waals surface area contributed by atoms with Gasteiger partial charge in [0.05, 0.1) is 6.07 Å². The van der Waals surface area contributed by atoms with Gasteiger partial charge < -0.3 is 4.57 Å². The molecule has 0 radical (unpaired) electrons. The van der Waals surface area contributed by atoms with Crippen molar-refractivity contribution in [1.29, 1.82) is 5.26 Å². The van der Waals surface area contributed by atoms with E-state index in [2.05, 4.69) is 4.98 Å². The summed E-state index contributed by atoms with van der Waals surface area (Å²) in [5, 5.41) is 8.49. The largest absolute Gasteiger partial charge is 0.332 e. The SMILES string of the molecule is CC(C#N)C(=O)c1nccn1C. The maximum absolute atomic E-state index is 11.4. The number of nitrogens with zero attached hydrogens (tertiary/aromatic N) is 3. The van der Waals surface area contributed by atoms with Crippen molar-refractivity contribution in [3.8, 4) is 6.07 Å². The maximum Gasteiger partial charge on any atom is 0.215 e. The van der Waals surface area contributed by atoms with Gasteiger partial charge >= 0.3 is 0 Å². The molecule has 1 heterocycles. The van der Waals surface area contributed by atoms with Crippen molar-refractivity contribution in [3.63, 3.8) is 0 Å². The Morgan fingerprint density at radius 1 is 1.83 bits per heavy atom. The second-order valence-electron chi connectivity index (χ2n) is 2.58. The van der Waals surface area contributed by atoms with Gasteiger partial charge in [-0.3, -0.25) is 4.79 Å². The number of ketones is 1. The highest BCUT2D eigenvalue weighted by Crippen LogP contribution is 2.04. The Labute approximate surface area is 70.4 Å². The molecule has 1 aromatic heterocycles. The first kappa shape index (κ1) is 8.47. The van der Waals surface area contributed by atoms with Gasteiger partial charge in [0.25, 0.3) is 0 Å². The van der Waals surface area contributed by atoms with Crippen molar-refractivity contribution in [2.75, 3.05) is 0 Å². The van der Waals surface area contributed by atoms with E-state index >= 15 is 0 Å². The summed E-state index contributed by atoms with van der Waals surface area (Å²) in [4.78, 5) is 15.2. The molecule has 4 nitrogen and oxygen atoms in total. The second kappa shape index (κ2) is 3.18. The van der Waals surface area contributed by atoms with Gasteiger partial charge in [-0.15, -0.1) is 0 Å². The Kier molecular flexibility index (Phi) is 2.24. The van der Waals surface area contributed by atoms with Crippen LogP contribution in [0.25, 0.3) is 0 Å². The standard InChI is InChI=1S/C8H9N3O/c1-6(5-9)7(12)8-10-3-4-11(8)2/h3-4,6H,1-2H3. The Balaban J connectivity index is 2.94. The lowest BCUT2D eigenvalue weighted by molar-refractivity contribution is 0.0943. The number of carbonyl (C=O) groups excluding carboxylic acids is 1. The van der Waals surface area contributed by atoms with E-state index in [0.717, 1.165) is 0 Å². The molecule has 0 fully saturated rings. The van der Waals surface area contributed by atoms with Gasteiger partial charge in [0.15, 0.2) is 5.82 Å². The van der Waals surface area contributed by atoms with Crippen molar-refractivity contribution in [2.45, 2.75) is 6.92 Å². The second-order valence-corrected chi connectivity index (χ2v) is 2.58. The number of aromatic nitrogens is 2. The highest BCUT2D eigenvalue weighted by atomic mass is 16.1. The average molecular weight is 163 g/mol. The van der Waals surface area contributed by atoms with Crippen LogP contribution in [0, 0.1) is 17.2 Å². The summed E-state index contributed by atoms with van der Waals surface area (Å²) in [5.74, 6) is -0.514. The number of Topliss-reactive ketones (excluding diaryl/α,β-unsaturated/α-hetero) is 1. The number of nitriles is 1. The number of imidazole rings is 1. The Hall–Kier alpha value is -1.63. The van der Waals surface area contributed by atoms with Gasteiger partial charge in [0, 0.05) is 19.4 Å². The van der Waals surface area contributed by atoms with Crippen molar-refractivity contribution in [2.24, 2.45) is 13.0 Å². The van der Waals surface area contributed by atoms with E-state index in [1.807, 2.05) is 6.07 Å². The van der Waals surface area contributed by atoms with Crippen LogP contribution in [0.1, 0.15) is 17.5 Å². The topological polar surface area (TPSA) is 58.7 Å². The molecule has 0 aromatic carbocycles. The van der Waals surface area contributed by atoms with E-state index in [1.165, 1.54) is 6.20 Å². The van der Waals surface area contributed by atoms with Crippen LogP contribution in [0.3, 0.4) is 0 Å². The van der Waals surface area contributed by atoms with Crippen LogP contribution in [-0.4, -0.2) is 15.3 Å². The number of hydrogen-bond acceptors (Lipinski definition) is 3. The number of aryl methyl sites for hydroxylation is 1. The molecule has 0 saturated heterocycles. The molecule has 4 heteroatoms. The van der Waals surface area contributed by atoms with Gasteiger partial charge in [-0.05, 0) is 6.92 Å². The smallest absolute Gasteiger partial charge is 0.215 e. The zero-order chi connectivity index (χ0) is 9.14. The summed E-state index contributed by atoms with van der Waals surface area (Å²) in [6, 6.07) is 1.88. The van der Waals surface area contributed by atoms with Crippen molar-refractivity contribution in [1.82, 2.24) is 9.55 Å². The van der Waals surface area contributed by atoms with Crippen molar-refractivity contribution >= 4 is 5.78 Å². The zero-order valence-electron chi connectivity index (χ0n) is 6.98. The highest BCUT2D eigenvalue weighted by molar-refractivity contribution is 5.96. The predicted octanol–water partition coefficient (Wildman–Crippen LogP) is 0.762. The minimum atomic E-state index is -0.619. The van der Waals surface area contributed by atoms with Crippen LogP contribution in [0.4, 0.5) is 0 Å². The van der Waals surface area contributed by atoms with E-state index in [4.69, 9.17) is 5.26 Å². The lowest BCUT2D eigenvalue weighted by atomic mass is 10.1. The van der Waals surface area contributed by atoms with E-state index in [1.54, 1.807) is 24.7 Å². The molecular weight excluding hydrogens is 154 g/mol. The summed E-state index contributed by atoms with van der Waals surface area (Å²) in [5.41, 5.74) is 0. The molecule has 0 N–H and O–H groups in total. The molecule has 1 unspecified atom stereocenters. The summed E-state index contributed by atoms with van der Waals surface area (Å²) >= 11 is 0. The van der Waals surface area contributed by atoms with Crippen LogP contribution < -0.4 is 0 Å². The highest BCUT2D eigenvalue weighted by Gasteiger charge is 2.17. The molecule has 1 rings (SSSR count). The van der Waals surface area contributed by atoms with Crippen LogP contribution in [0.15, 0.2) is 12.4 Å². The fourth-order valence-corrected chi connectivity index (χ4v) is 0.855. The lowest BCUT2D eigenvalue weighted by Crippen LogP contribution is -2.14. The first-order valence-electron chi connectivity index (χ1n) is 3.58. The lowest BCUT2D eigenvalue weighted by Gasteiger charge is -2.00. The first-order valence-corrected chi connectivity index (χ1v) is 3.58. The van der Waals surface area contributed by atoms with Gasteiger partial charge in [0.2, 0.25) is 5.78 Å². The number of carbonyl (C=O) groups is 1. The predicted molar refractivity (Wildman–Crippen MR) is 42.3 cm³/mol. The molecular formula is C8H9N3O. The fourth-order valence-electron chi connectivity index (χ4n) is 0.855. The third-order valence-corrected chi connectivity index (χ3v) is 1.63. The molecule has 0 amide bonds. The minimum absolute atomic E-state index is 0.231. The normalized spacial score (nSPS) is 12.1. The van der Waals surface area contributed by atoms with E-state index < -0.39 is 5.92 Å². The van der Waals surface area contributed by atoms with Crippen molar-refractivity contribution in [3.05, 3.63) is 18.2 Å². The van der Waals surface area contributed by atoms with Crippen LogP contribution in [0.2, 0.25) is 0 Å². The van der Waals surface area contributed by atoms with Crippen LogP contribution >= 0.6 is 0 Å². The van der Waals surface area contributed by atoms with Crippen LogP contribution in [0.5, 0.6) is 0 Å². The fraction of sp³-hybridized carbons (Fsp3) is 0.375. The van der Waals surface area contributed by atoms with E-state index in [-0.39, 0.29) is 5.78 Å². The quantitative estimate of drug-likeness (QED) is 0.605.